The van der Waals surface area contributed by atoms with Crippen molar-refractivity contribution in [2.24, 2.45) is 5.73 Å². The first-order valence-electron chi connectivity index (χ1n) is 5.22. The van der Waals surface area contributed by atoms with Gasteiger partial charge in [-0.25, -0.2) is 0 Å². The Balaban J connectivity index is 2.64. The Labute approximate surface area is 92.1 Å². The molecule has 0 aliphatic carbocycles. The fourth-order valence-electron chi connectivity index (χ4n) is 1.27. The average molecular weight is 202 g/mol. The Morgan fingerprint density at radius 2 is 1.93 bits per heavy atom. The number of benzene rings is 1. The van der Waals surface area contributed by atoms with Crippen molar-refractivity contribution in [2.45, 2.75) is 13.5 Å². The monoisotopic (exact) mass is 202 g/mol. The Bertz CT molecular complexity index is 343. The fraction of sp³-hybridized carbons (Fsp3) is 0.385. The molecule has 2 N–H and O–H groups in total. The van der Waals surface area contributed by atoms with E-state index in [4.69, 9.17) is 5.73 Å². The molecule has 15 heavy (non-hydrogen) atoms. The normalized spacial score (nSPS) is 9.87. The molecule has 0 aliphatic rings. The minimum absolute atomic E-state index is 0.417. The lowest BCUT2D eigenvalue weighted by atomic mass is 10.1. The maximum absolute atomic E-state index is 5.31. The van der Waals surface area contributed by atoms with Crippen LogP contribution in [-0.4, -0.2) is 25.0 Å². The molecule has 2 nitrogen and oxygen atoms in total. The van der Waals surface area contributed by atoms with E-state index in [2.05, 4.69) is 42.8 Å². The summed E-state index contributed by atoms with van der Waals surface area (Å²) in [6.45, 7) is 4.62. The second kappa shape index (κ2) is 6.23. The van der Waals surface area contributed by atoms with Gasteiger partial charge in [0.1, 0.15) is 0 Å². The molecule has 80 valence electrons. The van der Waals surface area contributed by atoms with Gasteiger partial charge in [0.05, 0.1) is 6.54 Å². The van der Waals surface area contributed by atoms with Gasteiger partial charge < -0.3 is 10.6 Å². The minimum Gasteiger partial charge on any atom is -0.320 e. The molecule has 0 atom stereocenters. The highest BCUT2D eigenvalue weighted by atomic mass is 15.1. The number of hydrogen-bond acceptors (Lipinski definition) is 2. The second-order valence-electron chi connectivity index (χ2n) is 3.53. The van der Waals surface area contributed by atoms with Crippen molar-refractivity contribution >= 4 is 0 Å². The van der Waals surface area contributed by atoms with E-state index in [-0.39, 0.29) is 0 Å². The van der Waals surface area contributed by atoms with E-state index in [1.807, 2.05) is 12.1 Å². The third-order valence-corrected chi connectivity index (χ3v) is 2.28. The van der Waals surface area contributed by atoms with Gasteiger partial charge in [-0.05, 0) is 31.3 Å². The summed E-state index contributed by atoms with van der Waals surface area (Å²) in [5.41, 5.74) is 7.66. The fourth-order valence-corrected chi connectivity index (χ4v) is 1.27. The molecule has 0 saturated carbocycles. The van der Waals surface area contributed by atoms with Crippen LogP contribution in [0.4, 0.5) is 0 Å². The van der Waals surface area contributed by atoms with E-state index in [1.54, 1.807) is 0 Å². The van der Waals surface area contributed by atoms with Crippen LogP contribution in [0.15, 0.2) is 24.3 Å². The van der Waals surface area contributed by atoms with Crippen LogP contribution < -0.4 is 5.73 Å². The summed E-state index contributed by atoms with van der Waals surface area (Å²) in [6.07, 6.45) is 0. The largest absolute Gasteiger partial charge is 0.320 e. The lowest BCUT2D eigenvalue weighted by Crippen LogP contribution is -2.16. The lowest BCUT2D eigenvalue weighted by Gasteiger charge is -2.13. The number of nitrogens with two attached hydrogens (primary N) is 1. The molecule has 0 heterocycles. The van der Waals surface area contributed by atoms with Gasteiger partial charge in [0.2, 0.25) is 0 Å². The van der Waals surface area contributed by atoms with Crippen molar-refractivity contribution in [1.29, 1.82) is 0 Å². The van der Waals surface area contributed by atoms with Gasteiger partial charge in [0.15, 0.2) is 0 Å². The molecule has 0 spiro atoms. The Kier molecular flexibility index (Phi) is 4.89. The van der Waals surface area contributed by atoms with Crippen molar-refractivity contribution in [3.63, 3.8) is 0 Å². The molecule has 0 aromatic heterocycles. The van der Waals surface area contributed by atoms with E-state index in [9.17, 15) is 0 Å². The Morgan fingerprint density at radius 1 is 1.27 bits per heavy atom. The summed E-state index contributed by atoms with van der Waals surface area (Å²) in [5, 5.41) is 0. The van der Waals surface area contributed by atoms with Crippen molar-refractivity contribution in [3.05, 3.63) is 35.4 Å². The zero-order chi connectivity index (χ0) is 11.1. The van der Waals surface area contributed by atoms with E-state index < -0.39 is 0 Å². The van der Waals surface area contributed by atoms with Gasteiger partial charge in [-0.2, -0.15) is 0 Å². The lowest BCUT2D eigenvalue weighted by molar-refractivity contribution is 0.346. The predicted molar refractivity (Wildman–Crippen MR) is 64.4 cm³/mol. The zero-order valence-electron chi connectivity index (χ0n) is 9.46. The molecule has 0 fully saturated rings. The Morgan fingerprint density at radius 3 is 2.47 bits per heavy atom. The molecular weight excluding hydrogens is 184 g/mol. The zero-order valence-corrected chi connectivity index (χ0v) is 9.46. The highest BCUT2D eigenvalue weighted by Gasteiger charge is 1.96. The molecule has 1 aromatic carbocycles. The topological polar surface area (TPSA) is 29.3 Å². The molecule has 1 rings (SSSR count). The molecule has 0 bridgehead atoms. The summed E-state index contributed by atoms with van der Waals surface area (Å²) < 4.78 is 0. The standard InChI is InChI=1S/C13H18N2/c1-3-15(2)11-13-8-6-12(7-9-13)5-4-10-14/h6-9H,3,10-11,14H2,1-2H3. The minimum atomic E-state index is 0.417. The molecule has 0 aliphatic heterocycles. The van der Waals surface area contributed by atoms with Gasteiger partial charge in [0, 0.05) is 12.1 Å². The van der Waals surface area contributed by atoms with E-state index in [0.717, 1.165) is 18.7 Å². The van der Waals surface area contributed by atoms with Crippen LogP contribution in [0.1, 0.15) is 18.1 Å². The van der Waals surface area contributed by atoms with Crippen LogP contribution in [0, 0.1) is 11.8 Å². The second-order valence-corrected chi connectivity index (χ2v) is 3.53. The quantitative estimate of drug-likeness (QED) is 0.752. The molecule has 0 amide bonds. The van der Waals surface area contributed by atoms with Crippen LogP contribution in [0.5, 0.6) is 0 Å². The van der Waals surface area contributed by atoms with Gasteiger partial charge >= 0.3 is 0 Å². The summed E-state index contributed by atoms with van der Waals surface area (Å²) in [5.74, 6) is 5.85. The third kappa shape index (κ3) is 4.16. The first-order valence-corrected chi connectivity index (χ1v) is 5.22. The van der Waals surface area contributed by atoms with Crippen LogP contribution in [-0.2, 0) is 6.54 Å². The maximum Gasteiger partial charge on any atom is 0.0555 e. The summed E-state index contributed by atoms with van der Waals surface area (Å²) in [4.78, 5) is 2.26. The van der Waals surface area contributed by atoms with Crippen LogP contribution >= 0.6 is 0 Å². The van der Waals surface area contributed by atoms with E-state index >= 15 is 0 Å². The van der Waals surface area contributed by atoms with Crippen LogP contribution in [0.2, 0.25) is 0 Å². The molecule has 0 radical (unpaired) electrons. The van der Waals surface area contributed by atoms with E-state index in [0.29, 0.717) is 6.54 Å². The van der Waals surface area contributed by atoms with Crippen molar-refractivity contribution < 1.29 is 0 Å². The molecule has 0 saturated heterocycles. The van der Waals surface area contributed by atoms with Crippen molar-refractivity contribution in [3.8, 4) is 11.8 Å². The van der Waals surface area contributed by atoms with Crippen LogP contribution in [0.25, 0.3) is 0 Å². The Hall–Kier alpha value is -1.30. The van der Waals surface area contributed by atoms with Gasteiger partial charge in [-0.1, -0.05) is 30.9 Å². The van der Waals surface area contributed by atoms with Gasteiger partial charge in [-0.3, -0.25) is 0 Å². The number of hydrogen-bond donors (Lipinski definition) is 1. The average Bonchev–Trinajstić information content (AvgIpc) is 2.28. The first-order chi connectivity index (χ1) is 7.26. The molecule has 1 aromatic rings. The molecule has 2 heteroatoms. The van der Waals surface area contributed by atoms with E-state index in [1.165, 1.54) is 5.56 Å². The first kappa shape index (κ1) is 11.8. The summed E-state index contributed by atoms with van der Waals surface area (Å²) in [7, 11) is 2.11. The summed E-state index contributed by atoms with van der Waals surface area (Å²) in [6, 6.07) is 8.32. The highest BCUT2D eigenvalue weighted by molar-refractivity contribution is 5.36. The highest BCUT2D eigenvalue weighted by Crippen LogP contribution is 2.05. The molecule has 0 unspecified atom stereocenters. The SMILES string of the molecule is CCN(C)Cc1ccc(C#CCN)cc1. The summed E-state index contributed by atoms with van der Waals surface area (Å²) >= 11 is 0. The third-order valence-electron chi connectivity index (χ3n) is 2.28. The number of nitrogens with zero attached hydrogens (tertiary/aromatic N) is 1. The van der Waals surface area contributed by atoms with Crippen molar-refractivity contribution in [1.82, 2.24) is 4.90 Å². The van der Waals surface area contributed by atoms with Crippen molar-refractivity contribution in [2.75, 3.05) is 20.1 Å². The molecular formula is C13H18N2. The predicted octanol–water partition coefficient (Wildman–Crippen LogP) is 1.45. The maximum atomic E-state index is 5.31. The number of rotatable bonds is 3. The van der Waals surface area contributed by atoms with Gasteiger partial charge in [0.25, 0.3) is 0 Å². The van der Waals surface area contributed by atoms with Gasteiger partial charge in [-0.15, -0.1) is 0 Å². The smallest absolute Gasteiger partial charge is 0.0555 e. The van der Waals surface area contributed by atoms with Crippen LogP contribution in [0.3, 0.4) is 0 Å².